The highest BCUT2D eigenvalue weighted by Crippen LogP contribution is 2.29. The number of carboxylic acid groups (broad SMARTS) is 1. The van der Waals surface area contributed by atoms with Crippen molar-refractivity contribution in [1.82, 2.24) is 4.98 Å². The molecule has 1 heterocycles. The van der Waals surface area contributed by atoms with Crippen molar-refractivity contribution in [2.45, 2.75) is 13.3 Å². The number of hydrogen-bond donors (Lipinski definition) is 1. The van der Waals surface area contributed by atoms with Crippen molar-refractivity contribution in [1.29, 1.82) is 0 Å². The second-order valence-electron chi connectivity index (χ2n) is 3.01. The summed E-state index contributed by atoms with van der Waals surface area (Å²) in [5, 5.41) is 8.78. The number of pyridine rings is 1. The van der Waals surface area contributed by atoms with Gasteiger partial charge >= 0.3 is 12.3 Å². The van der Waals surface area contributed by atoms with Crippen molar-refractivity contribution in [3.63, 3.8) is 0 Å². The standard InChI is InChI=1S/C9H8F3NO4/c1-4-3-5(16-2)13-7(6(4)8(14)15)17-9(10,11)12/h3H,1-2H3,(H,14,15). The highest BCUT2D eigenvalue weighted by molar-refractivity contribution is 5.92. The lowest BCUT2D eigenvalue weighted by Crippen LogP contribution is -2.20. The normalized spacial score (nSPS) is 11.1. The number of hydrogen-bond acceptors (Lipinski definition) is 4. The minimum absolute atomic E-state index is 0.0589. The van der Waals surface area contributed by atoms with Gasteiger partial charge in [-0.25, -0.2) is 4.79 Å². The van der Waals surface area contributed by atoms with E-state index in [1.807, 2.05) is 0 Å². The monoisotopic (exact) mass is 251 g/mol. The van der Waals surface area contributed by atoms with Crippen LogP contribution in [-0.2, 0) is 0 Å². The number of halogens is 3. The molecular formula is C9H8F3NO4. The second kappa shape index (κ2) is 4.48. The molecule has 17 heavy (non-hydrogen) atoms. The highest BCUT2D eigenvalue weighted by Gasteiger charge is 2.34. The van der Waals surface area contributed by atoms with Crippen LogP contribution in [0.2, 0.25) is 0 Å². The fourth-order valence-electron chi connectivity index (χ4n) is 1.16. The quantitative estimate of drug-likeness (QED) is 0.889. The number of alkyl halides is 3. The second-order valence-corrected chi connectivity index (χ2v) is 3.01. The third-order valence-electron chi connectivity index (χ3n) is 1.80. The summed E-state index contributed by atoms with van der Waals surface area (Å²) in [5.41, 5.74) is -0.591. The van der Waals surface area contributed by atoms with E-state index in [2.05, 4.69) is 14.5 Å². The van der Waals surface area contributed by atoms with Gasteiger partial charge < -0.3 is 14.6 Å². The van der Waals surface area contributed by atoms with E-state index < -0.39 is 23.8 Å². The first kappa shape index (κ1) is 13.1. The smallest absolute Gasteiger partial charge is 0.481 e. The largest absolute Gasteiger partial charge is 0.574 e. The van der Waals surface area contributed by atoms with Gasteiger partial charge in [0.05, 0.1) is 7.11 Å². The molecule has 0 saturated carbocycles. The fraction of sp³-hybridized carbons (Fsp3) is 0.333. The maximum atomic E-state index is 12.1. The third-order valence-corrected chi connectivity index (χ3v) is 1.80. The van der Waals surface area contributed by atoms with Crippen LogP contribution in [0.25, 0.3) is 0 Å². The van der Waals surface area contributed by atoms with Gasteiger partial charge in [0, 0.05) is 6.07 Å². The Morgan fingerprint density at radius 2 is 2.06 bits per heavy atom. The minimum Gasteiger partial charge on any atom is -0.481 e. The number of nitrogens with zero attached hydrogens (tertiary/aromatic N) is 1. The topological polar surface area (TPSA) is 68.7 Å². The maximum absolute atomic E-state index is 12.1. The number of carboxylic acids is 1. The zero-order valence-electron chi connectivity index (χ0n) is 8.83. The molecule has 0 aliphatic rings. The molecule has 0 aliphatic carbocycles. The van der Waals surface area contributed by atoms with Gasteiger partial charge in [0.25, 0.3) is 0 Å². The first-order valence-corrected chi connectivity index (χ1v) is 4.29. The average Bonchev–Trinajstić information content (AvgIpc) is 2.13. The molecule has 1 aromatic rings. The molecule has 1 N–H and O–H groups in total. The number of aromatic nitrogens is 1. The Balaban J connectivity index is 3.32. The van der Waals surface area contributed by atoms with E-state index in [0.29, 0.717) is 0 Å². The summed E-state index contributed by atoms with van der Waals surface area (Å²) >= 11 is 0. The Hall–Kier alpha value is -1.99. The van der Waals surface area contributed by atoms with Gasteiger partial charge in [-0.2, -0.15) is 4.98 Å². The molecule has 1 aromatic heterocycles. The SMILES string of the molecule is COc1cc(C)c(C(=O)O)c(OC(F)(F)F)n1. The Labute approximate surface area is 93.8 Å². The van der Waals surface area contributed by atoms with Crippen LogP contribution in [-0.4, -0.2) is 29.5 Å². The number of carbonyl (C=O) groups is 1. The molecular weight excluding hydrogens is 243 g/mol. The Morgan fingerprint density at radius 1 is 1.47 bits per heavy atom. The first-order valence-electron chi connectivity index (χ1n) is 4.29. The van der Waals surface area contributed by atoms with E-state index in [-0.39, 0.29) is 11.4 Å². The Bertz CT molecular complexity index is 445. The minimum atomic E-state index is -5.02. The Kier molecular flexibility index (Phi) is 3.45. The maximum Gasteiger partial charge on any atom is 0.574 e. The van der Waals surface area contributed by atoms with Crippen LogP contribution < -0.4 is 9.47 Å². The molecule has 0 atom stereocenters. The molecule has 0 bridgehead atoms. The van der Waals surface area contributed by atoms with Crippen molar-refractivity contribution >= 4 is 5.97 Å². The Morgan fingerprint density at radius 3 is 2.47 bits per heavy atom. The van der Waals surface area contributed by atoms with Gasteiger partial charge in [-0.05, 0) is 12.5 Å². The first-order chi connectivity index (χ1) is 7.74. The van der Waals surface area contributed by atoms with Crippen LogP contribution in [0.3, 0.4) is 0 Å². The third kappa shape index (κ3) is 3.23. The molecule has 0 fully saturated rings. The lowest BCUT2D eigenvalue weighted by Gasteiger charge is -2.12. The summed E-state index contributed by atoms with van der Waals surface area (Å²) < 4.78 is 44.3. The van der Waals surface area contributed by atoms with Crippen LogP contribution in [0.4, 0.5) is 13.2 Å². The molecule has 0 aromatic carbocycles. The summed E-state index contributed by atoms with van der Waals surface area (Å²) in [6.45, 7) is 1.32. The van der Waals surface area contributed by atoms with Gasteiger partial charge in [0.15, 0.2) is 0 Å². The summed E-state index contributed by atoms with van der Waals surface area (Å²) in [4.78, 5) is 14.1. The van der Waals surface area contributed by atoms with Gasteiger partial charge in [-0.1, -0.05) is 0 Å². The molecule has 0 unspecified atom stereocenters. The van der Waals surface area contributed by atoms with E-state index in [1.54, 1.807) is 0 Å². The highest BCUT2D eigenvalue weighted by atomic mass is 19.4. The van der Waals surface area contributed by atoms with Gasteiger partial charge in [-0.3, -0.25) is 0 Å². The van der Waals surface area contributed by atoms with Crippen molar-refractivity contribution in [3.8, 4) is 11.8 Å². The number of aromatic carboxylic acids is 1. The van der Waals surface area contributed by atoms with E-state index in [1.165, 1.54) is 20.1 Å². The van der Waals surface area contributed by atoms with Gasteiger partial charge in [0.1, 0.15) is 5.56 Å². The average molecular weight is 251 g/mol. The van der Waals surface area contributed by atoms with Crippen LogP contribution in [0.1, 0.15) is 15.9 Å². The summed E-state index contributed by atoms with van der Waals surface area (Å²) in [5.74, 6) is -2.76. The zero-order valence-corrected chi connectivity index (χ0v) is 8.83. The summed E-state index contributed by atoms with van der Waals surface area (Å²) in [7, 11) is 1.19. The molecule has 0 amide bonds. The molecule has 1 rings (SSSR count). The van der Waals surface area contributed by atoms with Crippen molar-refractivity contribution in [3.05, 3.63) is 17.2 Å². The number of methoxy groups -OCH3 is 1. The predicted octanol–water partition coefficient (Wildman–Crippen LogP) is 2.00. The molecule has 0 aliphatic heterocycles. The predicted molar refractivity (Wildman–Crippen MR) is 49.2 cm³/mol. The number of aryl methyl sites for hydroxylation is 1. The number of rotatable bonds is 3. The van der Waals surface area contributed by atoms with Crippen molar-refractivity contribution in [2.75, 3.05) is 7.11 Å². The zero-order chi connectivity index (χ0) is 13.2. The van der Waals surface area contributed by atoms with E-state index in [0.717, 1.165) is 0 Å². The molecule has 94 valence electrons. The molecule has 0 saturated heterocycles. The van der Waals surface area contributed by atoms with Crippen LogP contribution in [0.15, 0.2) is 6.07 Å². The number of ether oxygens (including phenoxy) is 2. The lowest BCUT2D eigenvalue weighted by atomic mass is 10.1. The van der Waals surface area contributed by atoms with E-state index in [4.69, 9.17) is 5.11 Å². The van der Waals surface area contributed by atoms with E-state index >= 15 is 0 Å². The van der Waals surface area contributed by atoms with Crippen molar-refractivity contribution in [2.24, 2.45) is 0 Å². The van der Waals surface area contributed by atoms with Crippen LogP contribution in [0, 0.1) is 6.92 Å². The fourth-order valence-corrected chi connectivity index (χ4v) is 1.16. The molecule has 8 heteroatoms. The van der Waals surface area contributed by atoms with Crippen molar-refractivity contribution < 1.29 is 32.5 Å². The molecule has 5 nitrogen and oxygen atoms in total. The lowest BCUT2D eigenvalue weighted by molar-refractivity contribution is -0.276. The van der Waals surface area contributed by atoms with Gasteiger partial charge in [-0.15, -0.1) is 13.2 Å². The van der Waals surface area contributed by atoms with E-state index in [9.17, 15) is 18.0 Å². The van der Waals surface area contributed by atoms with Gasteiger partial charge in [0.2, 0.25) is 11.8 Å². The molecule has 0 spiro atoms. The summed E-state index contributed by atoms with van der Waals surface area (Å²) in [6, 6.07) is 1.20. The van der Waals surface area contributed by atoms with Crippen LogP contribution >= 0.6 is 0 Å². The molecule has 0 radical (unpaired) electrons. The summed E-state index contributed by atoms with van der Waals surface area (Å²) in [6.07, 6.45) is -5.02. The van der Waals surface area contributed by atoms with Crippen LogP contribution in [0.5, 0.6) is 11.8 Å².